The van der Waals surface area contributed by atoms with Gasteiger partial charge in [-0.3, -0.25) is 24.4 Å². The molecule has 3 N–H and O–H groups in total. The summed E-state index contributed by atoms with van der Waals surface area (Å²) in [5.74, 6) is 0.940. The number of nitrogens with zero attached hydrogens (tertiary/aromatic N) is 2. The normalized spacial score (nSPS) is 15.8. The fraction of sp³-hybridized carbons (Fsp3) is 0.333. The van der Waals surface area contributed by atoms with Crippen molar-refractivity contribution in [2.45, 2.75) is 24.5 Å². The van der Waals surface area contributed by atoms with E-state index in [1.807, 2.05) is 12.1 Å². The molecule has 39 heavy (non-hydrogen) atoms. The van der Waals surface area contributed by atoms with Crippen LogP contribution in [0.5, 0.6) is 11.5 Å². The van der Waals surface area contributed by atoms with Gasteiger partial charge in [0.05, 0.1) is 30.4 Å². The molecule has 1 aromatic heterocycles. The minimum absolute atomic E-state index is 0.113. The Balaban J connectivity index is 1.12. The summed E-state index contributed by atoms with van der Waals surface area (Å²) in [7, 11) is 3.03. The molecule has 1 aliphatic carbocycles. The number of benzene rings is 2. The van der Waals surface area contributed by atoms with Crippen LogP contribution < -0.4 is 20.1 Å². The van der Waals surface area contributed by atoms with E-state index in [2.05, 4.69) is 20.8 Å². The third-order valence-electron chi connectivity index (χ3n) is 6.64. The number of nitrogens with one attached hydrogen (secondary N) is 3. The Kier molecular flexibility index (Phi) is 7.73. The Morgan fingerprint density at radius 3 is 2.85 bits per heavy atom. The summed E-state index contributed by atoms with van der Waals surface area (Å²) in [5.41, 5.74) is 4.48. The number of carbonyl (C=O) groups excluding carboxylic acids is 3. The molecule has 0 radical (unpaired) electrons. The average Bonchev–Trinajstić information content (AvgIpc) is 3.55. The highest BCUT2D eigenvalue weighted by atomic mass is 32.2. The molecule has 1 aliphatic heterocycles. The van der Waals surface area contributed by atoms with Gasteiger partial charge in [0.1, 0.15) is 5.82 Å². The van der Waals surface area contributed by atoms with Crippen LogP contribution in [0.1, 0.15) is 24.0 Å². The van der Waals surface area contributed by atoms with Crippen molar-refractivity contribution < 1.29 is 28.2 Å². The first kappa shape index (κ1) is 26.5. The molecule has 1 fully saturated rings. The standard InChI is InChI=1S/C27H28FN5O5S/c1-33-24(35)13-22(27(33)36)39-14-23(34)29-7-4-8-38-21-10-15-9-19-25(18(15)12-20(21)37-2)31-32-26(19)30-17-6-3-5-16(28)11-17/h3,5-6,10-12,22H,4,7-9,13-14H2,1-2H3,(H,29,34)(H2,30,31,32). The number of halogens is 1. The monoisotopic (exact) mass is 553 g/mol. The molecule has 2 aromatic carbocycles. The average molecular weight is 554 g/mol. The van der Waals surface area contributed by atoms with Crippen molar-refractivity contribution in [3.63, 3.8) is 0 Å². The second-order valence-corrected chi connectivity index (χ2v) is 10.4. The van der Waals surface area contributed by atoms with E-state index in [-0.39, 0.29) is 35.7 Å². The van der Waals surface area contributed by atoms with Crippen LogP contribution in [0.2, 0.25) is 0 Å². The lowest BCUT2D eigenvalue weighted by Gasteiger charge is -2.13. The lowest BCUT2D eigenvalue weighted by molar-refractivity contribution is -0.136. The molecule has 3 aromatic rings. The Bertz CT molecular complexity index is 1430. The first-order chi connectivity index (χ1) is 18.8. The van der Waals surface area contributed by atoms with Crippen LogP contribution in [-0.4, -0.2) is 71.1 Å². The van der Waals surface area contributed by atoms with E-state index in [9.17, 15) is 18.8 Å². The van der Waals surface area contributed by atoms with Crippen LogP contribution in [0.15, 0.2) is 36.4 Å². The molecule has 0 bridgehead atoms. The Morgan fingerprint density at radius 1 is 1.26 bits per heavy atom. The van der Waals surface area contributed by atoms with E-state index in [4.69, 9.17) is 9.47 Å². The molecule has 10 nitrogen and oxygen atoms in total. The number of ether oxygens (including phenoxy) is 2. The number of hydrogen-bond donors (Lipinski definition) is 3. The molecule has 1 saturated heterocycles. The Morgan fingerprint density at radius 2 is 2.10 bits per heavy atom. The molecule has 12 heteroatoms. The number of methoxy groups -OCH3 is 1. The van der Waals surface area contributed by atoms with Crippen LogP contribution >= 0.6 is 11.8 Å². The highest BCUT2D eigenvalue weighted by Crippen LogP contribution is 2.44. The SMILES string of the molecule is COc1cc2c(cc1OCCCNC(=O)CSC1CC(=O)N(C)C1=O)Cc1c(Nc3cccc(F)c3)n[nH]c1-2. The second kappa shape index (κ2) is 11.4. The summed E-state index contributed by atoms with van der Waals surface area (Å²) >= 11 is 1.18. The number of hydrogen-bond acceptors (Lipinski definition) is 8. The molecule has 1 atom stereocenters. The molecule has 3 amide bonds. The summed E-state index contributed by atoms with van der Waals surface area (Å²) in [6, 6.07) is 10.1. The lowest BCUT2D eigenvalue weighted by atomic mass is 10.1. The maximum absolute atomic E-state index is 13.6. The number of carbonyl (C=O) groups is 3. The van der Waals surface area contributed by atoms with Crippen molar-refractivity contribution in [1.82, 2.24) is 20.4 Å². The molecule has 2 heterocycles. The summed E-state index contributed by atoms with van der Waals surface area (Å²) in [6.45, 7) is 0.775. The van der Waals surface area contributed by atoms with Crippen LogP contribution in [0.25, 0.3) is 11.3 Å². The number of H-pyrrole nitrogens is 1. The zero-order valence-electron chi connectivity index (χ0n) is 21.5. The fourth-order valence-electron chi connectivity index (χ4n) is 4.57. The molecule has 0 spiro atoms. The number of rotatable bonds is 11. The summed E-state index contributed by atoms with van der Waals surface area (Å²) in [5, 5.41) is 12.9. The molecule has 5 rings (SSSR count). The molecule has 1 unspecified atom stereocenters. The first-order valence-corrected chi connectivity index (χ1v) is 13.5. The molecular weight excluding hydrogens is 525 g/mol. The van der Waals surface area contributed by atoms with Gasteiger partial charge in [-0.1, -0.05) is 6.07 Å². The van der Waals surface area contributed by atoms with Crippen molar-refractivity contribution >= 4 is 41.0 Å². The topological polar surface area (TPSA) is 126 Å². The number of imide groups is 1. The molecule has 0 saturated carbocycles. The highest BCUT2D eigenvalue weighted by Gasteiger charge is 2.36. The van der Waals surface area contributed by atoms with Crippen molar-refractivity contribution in [1.29, 1.82) is 0 Å². The third-order valence-corrected chi connectivity index (χ3v) is 7.84. The van der Waals surface area contributed by atoms with Gasteiger partial charge in [0.25, 0.3) is 0 Å². The maximum atomic E-state index is 13.6. The van der Waals surface area contributed by atoms with Crippen LogP contribution in [-0.2, 0) is 20.8 Å². The van der Waals surface area contributed by atoms with Gasteiger partial charge < -0.3 is 20.1 Å². The molecular formula is C27H28FN5O5S. The fourth-order valence-corrected chi connectivity index (χ4v) is 5.59. The third kappa shape index (κ3) is 5.70. The molecule has 2 aliphatic rings. The van der Waals surface area contributed by atoms with E-state index in [1.165, 1.54) is 30.9 Å². The predicted molar refractivity (Wildman–Crippen MR) is 145 cm³/mol. The number of thioether (sulfide) groups is 1. The Hall–Kier alpha value is -4.06. The van der Waals surface area contributed by atoms with E-state index in [1.54, 1.807) is 19.2 Å². The smallest absolute Gasteiger partial charge is 0.242 e. The van der Waals surface area contributed by atoms with Crippen LogP contribution in [0.3, 0.4) is 0 Å². The quantitative estimate of drug-likeness (QED) is 0.191. The van der Waals surface area contributed by atoms with Gasteiger partial charge >= 0.3 is 0 Å². The molecule has 204 valence electrons. The van der Waals surface area contributed by atoms with Crippen molar-refractivity contribution in [3.05, 3.63) is 53.3 Å². The maximum Gasteiger partial charge on any atom is 0.242 e. The number of aromatic nitrogens is 2. The van der Waals surface area contributed by atoms with E-state index >= 15 is 0 Å². The second-order valence-electron chi connectivity index (χ2n) is 9.24. The van der Waals surface area contributed by atoms with Gasteiger partial charge in [0.2, 0.25) is 17.7 Å². The summed E-state index contributed by atoms with van der Waals surface area (Å²) in [4.78, 5) is 36.8. The Labute approximate surface area is 228 Å². The van der Waals surface area contributed by atoms with Crippen LogP contribution in [0, 0.1) is 5.82 Å². The number of anilines is 2. The van der Waals surface area contributed by atoms with Gasteiger partial charge in [-0.25, -0.2) is 4.39 Å². The van der Waals surface area contributed by atoms with Gasteiger partial charge in [-0.15, -0.1) is 11.8 Å². The summed E-state index contributed by atoms with van der Waals surface area (Å²) in [6.07, 6.45) is 1.33. The minimum atomic E-state index is -0.491. The largest absolute Gasteiger partial charge is 0.493 e. The van der Waals surface area contributed by atoms with Gasteiger partial charge in [-0.2, -0.15) is 5.10 Å². The van der Waals surface area contributed by atoms with Crippen LogP contribution in [0.4, 0.5) is 15.9 Å². The minimum Gasteiger partial charge on any atom is -0.493 e. The number of fused-ring (bicyclic) bond motifs is 3. The number of aromatic amines is 1. The van der Waals surface area contributed by atoms with E-state index in [0.29, 0.717) is 49.0 Å². The zero-order valence-corrected chi connectivity index (χ0v) is 22.3. The van der Waals surface area contributed by atoms with Crippen molar-refractivity contribution in [3.8, 4) is 22.8 Å². The summed E-state index contributed by atoms with van der Waals surface area (Å²) < 4.78 is 25.1. The number of likely N-dealkylation sites (tertiary alicyclic amines) is 1. The van der Waals surface area contributed by atoms with Gasteiger partial charge in [0.15, 0.2) is 17.3 Å². The van der Waals surface area contributed by atoms with E-state index in [0.717, 1.165) is 27.3 Å². The lowest BCUT2D eigenvalue weighted by Crippen LogP contribution is -2.30. The predicted octanol–water partition coefficient (Wildman–Crippen LogP) is 3.25. The highest BCUT2D eigenvalue weighted by molar-refractivity contribution is 8.01. The van der Waals surface area contributed by atoms with Gasteiger partial charge in [-0.05, 0) is 42.3 Å². The van der Waals surface area contributed by atoms with E-state index < -0.39 is 5.25 Å². The zero-order chi connectivity index (χ0) is 27.5. The number of amides is 3. The first-order valence-electron chi connectivity index (χ1n) is 12.5. The van der Waals surface area contributed by atoms with Crippen molar-refractivity contribution in [2.24, 2.45) is 0 Å². The van der Waals surface area contributed by atoms with Gasteiger partial charge in [0, 0.05) is 43.2 Å². The van der Waals surface area contributed by atoms with Crippen molar-refractivity contribution in [2.75, 3.05) is 38.4 Å².